The van der Waals surface area contributed by atoms with Crippen LogP contribution in [0.4, 0.5) is 0 Å². The van der Waals surface area contributed by atoms with Crippen molar-refractivity contribution in [2.75, 3.05) is 7.11 Å². The summed E-state index contributed by atoms with van der Waals surface area (Å²) in [6.07, 6.45) is 2.64. The predicted octanol–water partition coefficient (Wildman–Crippen LogP) is 1.82. The van der Waals surface area contributed by atoms with Gasteiger partial charge in [0.25, 0.3) is 5.91 Å². The molecule has 1 fully saturated rings. The van der Waals surface area contributed by atoms with Crippen LogP contribution in [0.2, 0.25) is 0 Å². The number of carboxylic acid groups (broad SMARTS) is 1. The number of carbonyl (C=O) groups is 2. The van der Waals surface area contributed by atoms with Gasteiger partial charge in [0.15, 0.2) is 0 Å². The summed E-state index contributed by atoms with van der Waals surface area (Å²) >= 11 is 0. The van der Waals surface area contributed by atoms with Crippen molar-refractivity contribution in [1.29, 1.82) is 0 Å². The molecule has 0 aliphatic heterocycles. The number of rotatable bonds is 7. The monoisotopic (exact) mass is 277 g/mol. The Morgan fingerprint density at radius 3 is 2.50 bits per heavy atom. The molecule has 1 aromatic rings. The van der Waals surface area contributed by atoms with Gasteiger partial charge in [-0.05, 0) is 30.0 Å². The lowest BCUT2D eigenvalue weighted by Crippen LogP contribution is -2.41. The normalized spacial score (nSPS) is 15.7. The van der Waals surface area contributed by atoms with Gasteiger partial charge in [-0.2, -0.15) is 0 Å². The Morgan fingerprint density at radius 1 is 1.35 bits per heavy atom. The second-order valence-corrected chi connectivity index (χ2v) is 5.17. The molecule has 0 spiro atoms. The van der Waals surface area contributed by atoms with Crippen molar-refractivity contribution < 1.29 is 19.4 Å². The smallest absolute Gasteiger partial charge is 0.326 e. The average Bonchev–Trinajstić information content (AvgIpc) is 3.23. The first-order valence-electron chi connectivity index (χ1n) is 6.71. The summed E-state index contributed by atoms with van der Waals surface area (Å²) in [5, 5.41) is 11.7. The van der Waals surface area contributed by atoms with Crippen molar-refractivity contribution >= 4 is 11.9 Å². The summed E-state index contributed by atoms with van der Waals surface area (Å²) in [5.41, 5.74) is 1.43. The maximum absolute atomic E-state index is 12.0. The highest BCUT2D eigenvalue weighted by atomic mass is 16.5. The van der Waals surface area contributed by atoms with E-state index in [0.29, 0.717) is 24.5 Å². The fraction of sp³-hybridized carbons (Fsp3) is 0.467. The SMILES string of the molecule is COCc1ccc(C(=O)NC(CC2CC2)C(=O)O)cc1. The molecule has 20 heavy (non-hydrogen) atoms. The topological polar surface area (TPSA) is 75.6 Å². The minimum absolute atomic E-state index is 0.345. The lowest BCUT2D eigenvalue weighted by Gasteiger charge is -2.14. The molecule has 2 rings (SSSR count). The highest BCUT2D eigenvalue weighted by Gasteiger charge is 2.30. The lowest BCUT2D eigenvalue weighted by atomic mass is 10.1. The second-order valence-electron chi connectivity index (χ2n) is 5.17. The quantitative estimate of drug-likeness (QED) is 0.797. The maximum Gasteiger partial charge on any atom is 0.326 e. The minimum atomic E-state index is -0.971. The molecule has 1 amide bonds. The zero-order chi connectivity index (χ0) is 14.5. The van der Waals surface area contributed by atoms with Crippen LogP contribution >= 0.6 is 0 Å². The zero-order valence-electron chi connectivity index (χ0n) is 11.5. The van der Waals surface area contributed by atoms with Gasteiger partial charge in [0, 0.05) is 12.7 Å². The molecule has 1 aliphatic carbocycles. The van der Waals surface area contributed by atoms with Crippen LogP contribution in [0.1, 0.15) is 35.2 Å². The third kappa shape index (κ3) is 4.06. The molecule has 0 aromatic heterocycles. The van der Waals surface area contributed by atoms with E-state index >= 15 is 0 Å². The number of carboxylic acids is 1. The van der Waals surface area contributed by atoms with Crippen LogP contribution in [0.15, 0.2) is 24.3 Å². The summed E-state index contributed by atoms with van der Waals surface area (Å²) in [4.78, 5) is 23.2. The van der Waals surface area contributed by atoms with E-state index in [1.54, 1.807) is 31.4 Å². The number of amides is 1. The number of nitrogens with one attached hydrogen (secondary N) is 1. The molecular formula is C15H19NO4. The summed E-state index contributed by atoms with van der Waals surface area (Å²) in [6.45, 7) is 0.487. The maximum atomic E-state index is 12.0. The molecule has 5 nitrogen and oxygen atoms in total. The van der Waals surface area contributed by atoms with Crippen molar-refractivity contribution in [3.8, 4) is 0 Å². The van der Waals surface area contributed by atoms with Gasteiger partial charge in [0.2, 0.25) is 0 Å². The molecule has 1 aliphatic rings. The Hall–Kier alpha value is -1.88. The van der Waals surface area contributed by atoms with Crippen LogP contribution in [0.3, 0.4) is 0 Å². The van der Waals surface area contributed by atoms with Crippen LogP contribution in [0.25, 0.3) is 0 Å². The number of carbonyl (C=O) groups excluding carboxylic acids is 1. The minimum Gasteiger partial charge on any atom is -0.480 e. The summed E-state index contributed by atoms with van der Waals surface area (Å²) in [6, 6.07) is 6.16. The van der Waals surface area contributed by atoms with E-state index in [0.717, 1.165) is 18.4 Å². The van der Waals surface area contributed by atoms with Crippen molar-refractivity contribution in [3.05, 3.63) is 35.4 Å². The number of methoxy groups -OCH3 is 1. The van der Waals surface area contributed by atoms with Crippen molar-refractivity contribution in [3.63, 3.8) is 0 Å². The van der Waals surface area contributed by atoms with Gasteiger partial charge in [-0.25, -0.2) is 4.79 Å². The summed E-state index contributed by atoms with van der Waals surface area (Å²) < 4.78 is 5.00. The number of hydrogen-bond acceptors (Lipinski definition) is 3. The number of hydrogen-bond donors (Lipinski definition) is 2. The molecule has 0 saturated heterocycles. The fourth-order valence-electron chi connectivity index (χ4n) is 2.07. The van der Waals surface area contributed by atoms with Crippen molar-refractivity contribution in [2.24, 2.45) is 5.92 Å². The van der Waals surface area contributed by atoms with Gasteiger partial charge in [-0.1, -0.05) is 25.0 Å². The molecule has 0 heterocycles. The molecule has 1 aromatic carbocycles. The molecule has 2 N–H and O–H groups in total. The van der Waals surface area contributed by atoms with E-state index in [4.69, 9.17) is 9.84 Å². The van der Waals surface area contributed by atoms with E-state index in [1.807, 2.05) is 0 Å². The predicted molar refractivity (Wildman–Crippen MR) is 73.4 cm³/mol. The van der Waals surface area contributed by atoms with E-state index in [9.17, 15) is 9.59 Å². The Balaban J connectivity index is 1.96. The molecular weight excluding hydrogens is 258 g/mol. The number of ether oxygens (including phenoxy) is 1. The molecule has 0 radical (unpaired) electrons. The second kappa shape index (κ2) is 6.52. The zero-order valence-corrected chi connectivity index (χ0v) is 11.5. The van der Waals surface area contributed by atoms with E-state index in [2.05, 4.69) is 5.32 Å². The van der Waals surface area contributed by atoms with Gasteiger partial charge < -0.3 is 15.2 Å². The van der Waals surface area contributed by atoms with Gasteiger partial charge in [-0.3, -0.25) is 4.79 Å². The highest BCUT2D eigenvalue weighted by Crippen LogP contribution is 2.33. The first-order valence-corrected chi connectivity index (χ1v) is 6.71. The Morgan fingerprint density at radius 2 is 2.00 bits per heavy atom. The first kappa shape index (κ1) is 14.5. The molecule has 0 bridgehead atoms. The van der Waals surface area contributed by atoms with Crippen molar-refractivity contribution in [1.82, 2.24) is 5.32 Å². The van der Waals surface area contributed by atoms with Gasteiger partial charge in [0.05, 0.1) is 6.61 Å². The number of aliphatic carboxylic acids is 1. The standard InChI is InChI=1S/C15H19NO4/c1-20-9-11-4-6-12(7-5-11)14(17)16-13(15(18)19)8-10-2-3-10/h4-7,10,13H,2-3,8-9H2,1H3,(H,16,17)(H,18,19). The van der Waals surface area contributed by atoms with Gasteiger partial charge in [0.1, 0.15) is 6.04 Å². The largest absolute Gasteiger partial charge is 0.480 e. The van der Waals surface area contributed by atoms with Crippen molar-refractivity contribution in [2.45, 2.75) is 31.9 Å². The van der Waals surface area contributed by atoms with Crippen LogP contribution in [0.5, 0.6) is 0 Å². The highest BCUT2D eigenvalue weighted by molar-refractivity contribution is 5.96. The van der Waals surface area contributed by atoms with Crippen LogP contribution in [-0.2, 0) is 16.1 Å². The summed E-state index contributed by atoms with van der Waals surface area (Å²) in [5.74, 6) is -0.872. The van der Waals surface area contributed by atoms with Crippen LogP contribution in [0, 0.1) is 5.92 Å². The molecule has 5 heteroatoms. The molecule has 1 atom stereocenters. The third-order valence-corrected chi connectivity index (χ3v) is 3.40. The molecule has 1 unspecified atom stereocenters. The van der Waals surface area contributed by atoms with E-state index < -0.39 is 12.0 Å². The Kier molecular flexibility index (Phi) is 4.74. The van der Waals surface area contributed by atoms with E-state index in [-0.39, 0.29) is 5.91 Å². The van der Waals surface area contributed by atoms with Gasteiger partial charge >= 0.3 is 5.97 Å². The summed E-state index contributed by atoms with van der Waals surface area (Å²) in [7, 11) is 1.61. The van der Waals surface area contributed by atoms with Crippen LogP contribution < -0.4 is 5.32 Å². The van der Waals surface area contributed by atoms with Crippen LogP contribution in [-0.4, -0.2) is 30.1 Å². The average molecular weight is 277 g/mol. The lowest BCUT2D eigenvalue weighted by molar-refractivity contribution is -0.139. The molecule has 108 valence electrons. The first-order chi connectivity index (χ1) is 9.60. The fourth-order valence-corrected chi connectivity index (χ4v) is 2.07. The molecule has 1 saturated carbocycles. The number of benzene rings is 1. The van der Waals surface area contributed by atoms with E-state index in [1.165, 1.54) is 0 Å². The Bertz CT molecular complexity index is 479. The third-order valence-electron chi connectivity index (χ3n) is 3.40. The Labute approximate surface area is 117 Å². The van der Waals surface area contributed by atoms with Gasteiger partial charge in [-0.15, -0.1) is 0 Å².